The van der Waals surface area contributed by atoms with Gasteiger partial charge in [-0.2, -0.15) is 19.7 Å². The first kappa shape index (κ1) is 22.3. The lowest BCUT2D eigenvalue weighted by Gasteiger charge is -2.16. The Morgan fingerprint density at radius 2 is 1.71 bits per heavy atom. The molecule has 0 saturated carbocycles. The lowest BCUT2D eigenvalue weighted by atomic mass is 9.96. The standard InChI is InChI=1S/C25H22F2N8/c1-14(10-17-7-4-5-9-30-17)21-23(28)32-25(33-24(21)29)35-20-12-16(26)13-31-22(20)19(34-35)11-15-6-2-3-8-18(15)27/h2-9,12-14H,10-11H2,1H3,(H4,28,29,32,33). The molecule has 0 amide bonds. The molecule has 1 unspecified atom stereocenters. The second kappa shape index (κ2) is 9.05. The molecule has 4 N–H and O–H groups in total. The molecule has 35 heavy (non-hydrogen) atoms. The van der Waals surface area contributed by atoms with Crippen LogP contribution in [0.2, 0.25) is 0 Å². The fourth-order valence-corrected chi connectivity index (χ4v) is 4.15. The number of nitrogens with zero attached hydrogens (tertiary/aromatic N) is 6. The summed E-state index contributed by atoms with van der Waals surface area (Å²) in [5, 5.41) is 4.54. The van der Waals surface area contributed by atoms with Gasteiger partial charge in [-0.05, 0) is 36.1 Å². The maximum absolute atomic E-state index is 14.3. The van der Waals surface area contributed by atoms with E-state index in [-0.39, 0.29) is 35.7 Å². The fourth-order valence-electron chi connectivity index (χ4n) is 4.15. The van der Waals surface area contributed by atoms with Crippen molar-refractivity contribution < 1.29 is 8.78 Å². The van der Waals surface area contributed by atoms with Crippen molar-refractivity contribution in [3.8, 4) is 5.95 Å². The van der Waals surface area contributed by atoms with Crippen molar-refractivity contribution in [1.82, 2.24) is 29.7 Å². The molecule has 4 aromatic heterocycles. The van der Waals surface area contributed by atoms with Crippen LogP contribution >= 0.6 is 0 Å². The van der Waals surface area contributed by atoms with Gasteiger partial charge in [-0.3, -0.25) is 4.98 Å². The quantitative estimate of drug-likeness (QED) is 0.383. The lowest BCUT2D eigenvalue weighted by molar-refractivity contribution is 0.613. The third-order valence-electron chi connectivity index (χ3n) is 5.79. The summed E-state index contributed by atoms with van der Waals surface area (Å²) in [7, 11) is 0. The number of rotatable bonds is 6. The third kappa shape index (κ3) is 4.37. The summed E-state index contributed by atoms with van der Waals surface area (Å²) in [5.41, 5.74) is 15.7. The first-order valence-corrected chi connectivity index (χ1v) is 11.0. The van der Waals surface area contributed by atoms with E-state index < -0.39 is 5.82 Å². The van der Waals surface area contributed by atoms with E-state index in [2.05, 4.69) is 25.0 Å². The molecule has 0 fully saturated rings. The molecule has 5 aromatic rings. The minimum Gasteiger partial charge on any atom is -0.383 e. The number of aromatic nitrogens is 6. The Bertz CT molecular complexity index is 1490. The number of pyridine rings is 2. The molecule has 0 saturated heterocycles. The number of hydrogen-bond acceptors (Lipinski definition) is 7. The zero-order valence-electron chi connectivity index (χ0n) is 18.9. The summed E-state index contributed by atoms with van der Waals surface area (Å²) < 4.78 is 29.7. The van der Waals surface area contributed by atoms with Gasteiger partial charge >= 0.3 is 0 Å². The fraction of sp³-hybridized carbons (Fsp3) is 0.160. The van der Waals surface area contributed by atoms with Crippen LogP contribution in [0.15, 0.2) is 60.9 Å². The average molecular weight is 473 g/mol. The van der Waals surface area contributed by atoms with Crippen molar-refractivity contribution in [2.45, 2.75) is 25.7 Å². The SMILES string of the molecule is CC(Cc1ccccn1)c1c(N)nc(-n2nc(Cc3ccccc3F)c3ncc(F)cc32)nc1N. The second-order valence-corrected chi connectivity index (χ2v) is 8.28. The summed E-state index contributed by atoms with van der Waals surface area (Å²) >= 11 is 0. The van der Waals surface area contributed by atoms with Crippen LogP contribution in [0.1, 0.15) is 35.4 Å². The van der Waals surface area contributed by atoms with Gasteiger partial charge in [0.15, 0.2) is 0 Å². The monoisotopic (exact) mass is 472 g/mol. The highest BCUT2D eigenvalue weighted by atomic mass is 19.1. The van der Waals surface area contributed by atoms with Crippen molar-refractivity contribution in [1.29, 1.82) is 0 Å². The van der Waals surface area contributed by atoms with Crippen LogP contribution in [0.5, 0.6) is 0 Å². The van der Waals surface area contributed by atoms with Gasteiger partial charge in [0.1, 0.15) is 28.8 Å². The van der Waals surface area contributed by atoms with E-state index >= 15 is 0 Å². The Morgan fingerprint density at radius 1 is 0.971 bits per heavy atom. The number of fused-ring (bicyclic) bond motifs is 1. The predicted molar refractivity (Wildman–Crippen MR) is 129 cm³/mol. The van der Waals surface area contributed by atoms with Crippen molar-refractivity contribution in [2.24, 2.45) is 0 Å². The summed E-state index contributed by atoms with van der Waals surface area (Å²) in [6.07, 6.45) is 3.57. The molecule has 176 valence electrons. The molecule has 1 atom stereocenters. The van der Waals surface area contributed by atoms with Crippen LogP contribution in [0, 0.1) is 11.6 Å². The number of nitrogen functional groups attached to an aromatic ring is 2. The van der Waals surface area contributed by atoms with Gasteiger partial charge in [0, 0.05) is 29.9 Å². The number of nitrogens with two attached hydrogens (primary N) is 2. The Kier molecular flexibility index (Phi) is 5.77. The molecular formula is C25H22F2N8. The maximum Gasteiger partial charge on any atom is 0.255 e. The highest BCUT2D eigenvalue weighted by Gasteiger charge is 2.22. The highest BCUT2D eigenvalue weighted by Crippen LogP contribution is 2.30. The van der Waals surface area contributed by atoms with Crippen LogP contribution in [0.4, 0.5) is 20.4 Å². The molecule has 0 radical (unpaired) electrons. The predicted octanol–water partition coefficient (Wildman–Crippen LogP) is 3.99. The van der Waals surface area contributed by atoms with E-state index in [0.29, 0.717) is 34.3 Å². The largest absolute Gasteiger partial charge is 0.383 e. The van der Waals surface area contributed by atoms with E-state index in [0.717, 1.165) is 11.9 Å². The average Bonchev–Trinajstić information content (AvgIpc) is 3.18. The van der Waals surface area contributed by atoms with Crippen LogP contribution < -0.4 is 11.5 Å². The van der Waals surface area contributed by atoms with E-state index in [1.807, 2.05) is 25.1 Å². The van der Waals surface area contributed by atoms with Crippen molar-refractivity contribution in [3.05, 3.63) is 95.1 Å². The Labute approximate surface area is 199 Å². The summed E-state index contributed by atoms with van der Waals surface area (Å²) in [5.74, 6) is -0.555. The first-order valence-electron chi connectivity index (χ1n) is 11.0. The topological polar surface area (TPSA) is 121 Å². The molecular weight excluding hydrogens is 450 g/mol. The molecule has 5 rings (SSSR count). The molecule has 0 aliphatic rings. The third-order valence-corrected chi connectivity index (χ3v) is 5.79. The van der Waals surface area contributed by atoms with E-state index in [1.54, 1.807) is 24.4 Å². The molecule has 0 aliphatic heterocycles. The van der Waals surface area contributed by atoms with Gasteiger partial charge in [0.2, 0.25) is 0 Å². The maximum atomic E-state index is 14.3. The molecule has 10 heteroatoms. The van der Waals surface area contributed by atoms with Gasteiger partial charge in [-0.25, -0.2) is 13.8 Å². The van der Waals surface area contributed by atoms with Crippen LogP contribution in [-0.2, 0) is 12.8 Å². The minimum absolute atomic E-state index is 0.0750. The summed E-state index contributed by atoms with van der Waals surface area (Å²) in [6, 6.07) is 13.3. The molecule has 0 spiro atoms. The Morgan fingerprint density at radius 3 is 2.43 bits per heavy atom. The van der Waals surface area contributed by atoms with Crippen LogP contribution in [0.25, 0.3) is 17.0 Å². The normalized spacial score (nSPS) is 12.2. The zero-order chi connectivity index (χ0) is 24.5. The number of benzene rings is 1. The van der Waals surface area contributed by atoms with Crippen molar-refractivity contribution >= 4 is 22.7 Å². The molecule has 0 aliphatic carbocycles. The Hall–Kier alpha value is -4.47. The number of hydrogen-bond donors (Lipinski definition) is 2. The lowest BCUT2D eigenvalue weighted by Crippen LogP contribution is -2.14. The number of halogens is 2. The smallest absolute Gasteiger partial charge is 0.255 e. The first-order chi connectivity index (χ1) is 16.9. The van der Waals surface area contributed by atoms with Gasteiger partial charge in [0.05, 0.1) is 17.4 Å². The van der Waals surface area contributed by atoms with Crippen molar-refractivity contribution in [3.63, 3.8) is 0 Å². The minimum atomic E-state index is -0.558. The molecule has 1 aromatic carbocycles. The van der Waals surface area contributed by atoms with Gasteiger partial charge in [-0.1, -0.05) is 31.2 Å². The van der Waals surface area contributed by atoms with Gasteiger partial charge < -0.3 is 11.5 Å². The zero-order valence-corrected chi connectivity index (χ0v) is 18.9. The van der Waals surface area contributed by atoms with Gasteiger partial charge in [-0.15, -0.1) is 0 Å². The summed E-state index contributed by atoms with van der Waals surface area (Å²) in [6.45, 7) is 1.97. The van der Waals surface area contributed by atoms with Crippen LogP contribution in [-0.4, -0.2) is 29.7 Å². The summed E-state index contributed by atoms with van der Waals surface area (Å²) in [4.78, 5) is 17.4. The Balaban J connectivity index is 1.56. The number of anilines is 2. The second-order valence-electron chi connectivity index (χ2n) is 8.28. The molecule has 0 bridgehead atoms. The van der Waals surface area contributed by atoms with Gasteiger partial charge in [0.25, 0.3) is 5.95 Å². The van der Waals surface area contributed by atoms with E-state index in [9.17, 15) is 8.78 Å². The van der Waals surface area contributed by atoms with E-state index in [1.165, 1.54) is 16.8 Å². The van der Waals surface area contributed by atoms with E-state index in [4.69, 9.17) is 11.5 Å². The van der Waals surface area contributed by atoms with Crippen LogP contribution in [0.3, 0.4) is 0 Å². The molecule has 4 heterocycles. The van der Waals surface area contributed by atoms with Crippen molar-refractivity contribution in [2.75, 3.05) is 11.5 Å². The molecule has 8 nitrogen and oxygen atoms in total. The highest BCUT2D eigenvalue weighted by molar-refractivity contribution is 5.79.